The van der Waals surface area contributed by atoms with E-state index in [0.717, 1.165) is 69.6 Å². The first-order valence-corrected chi connectivity index (χ1v) is 15.9. The summed E-state index contributed by atoms with van der Waals surface area (Å²) in [6.07, 6.45) is 3.52. The van der Waals surface area contributed by atoms with E-state index in [0.29, 0.717) is 37.0 Å². The molecule has 1 amide bonds. The standard InChI is InChI=1S/C32H38F3N9O2/c1-40-10-12-41(13-11-40)19-22-2-3-25(16-27(22)32(33,34)35)38-31(45)23-6-9-42(20-23)30-5-4-29-36-18-28(44(29)39-30)24-17-37-43(21-24)26-7-14-46-15-8-26/h2-5,16-18,21,23,26H,6-15,19-20H2,1H3,(H,38,45)/t23-/m1/s1. The lowest BCUT2D eigenvalue weighted by atomic mass is 10.0. The predicted molar refractivity (Wildman–Crippen MR) is 166 cm³/mol. The lowest BCUT2D eigenvalue weighted by Gasteiger charge is -2.33. The molecule has 3 aromatic heterocycles. The highest BCUT2D eigenvalue weighted by Gasteiger charge is 2.35. The topological polar surface area (TPSA) is 96.1 Å². The van der Waals surface area contributed by atoms with Crippen molar-refractivity contribution in [2.24, 2.45) is 5.92 Å². The van der Waals surface area contributed by atoms with Crippen LogP contribution in [0.3, 0.4) is 0 Å². The number of ether oxygens (including phenoxy) is 1. The van der Waals surface area contributed by atoms with Crippen LogP contribution in [0.15, 0.2) is 48.9 Å². The number of hydrogen-bond donors (Lipinski definition) is 1. The van der Waals surface area contributed by atoms with Crippen LogP contribution < -0.4 is 10.2 Å². The molecule has 0 unspecified atom stereocenters. The zero-order valence-electron chi connectivity index (χ0n) is 25.8. The summed E-state index contributed by atoms with van der Waals surface area (Å²) in [5, 5.41) is 12.2. The number of nitrogens with one attached hydrogen (secondary N) is 1. The molecule has 3 fully saturated rings. The number of likely N-dealkylation sites (N-methyl/N-ethyl adjacent to an activating group) is 1. The van der Waals surface area contributed by atoms with Gasteiger partial charge in [0.15, 0.2) is 5.65 Å². The predicted octanol–water partition coefficient (Wildman–Crippen LogP) is 4.18. The van der Waals surface area contributed by atoms with Crippen LogP contribution in [-0.2, 0) is 22.3 Å². The first-order chi connectivity index (χ1) is 22.2. The van der Waals surface area contributed by atoms with E-state index < -0.39 is 17.7 Å². The second-order valence-electron chi connectivity index (χ2n) is 12.5. The third kappa shape index (κ3) is 6.46. The molecule has 4 aromatic rings. The Balaban J connectivity index is 1.02. The van der Waals surface area contributed by atoms with Gasteiger partial charge in [-0.05, 0) is 56.1 Å². The van der Waals surface area contributed by atoms with Gasteiger partial charge in [0.1, 0.15) is 5.82 Å². The fourth-order valence-corrected chi connectivity index (χ4v) is 6.58. The van der Waals surface area contributed by atoms with E-state index in [1.165, 1.54) is 6.07 Å². The Morgan fingerprint density at radius 2 is 1.83 bits per heavy atom. The van der Waals surface area contributed by atoms with Crippen molar-refractivity contribution in [3.63, 3.8) is 0 Å². The van der Waals surface area contributed by atoms with Gasteiger partial charge >= 0.3 is 6.18 Å². The first kappa shape index (κ1) is 30.6. The minimum atomic E-state index is -4.52. The third-order valence-corrected chi connectivity index (χ3v) is 9.37. The summed E-state index contributed by atoms with van der Waals surface area (Å²) in [5.74, 6) is 0.00988. The number of carbonyl (C=O) groups is 1. The fourth-order valence-electron chi connectivity index (χ4n) is 6.58. The van der Waals surface area contributed by atoms with Crippen LogP contribution >= 0.6 is 0 Å². The van der Waals surface area contributed by atoms with Crippen molar-refractivity contribution in [1.29, 1.82) is 0 Å². The summed E-state index contributed by atoms with van der Waals surface area (Å²) >= 11 is 0. The Labute approximate surface area is 264 Å². The molecule has 6 heterocycles. The second kappa shape index (κ2) is 12.6. The number of halogens is 3. The number of carbonyl (C=O) groups excluding carboxylic acids is 1. The Hall–Kier alpha value is -4.01. The molecule has 0 bridgehead atoms. The van der Waals surface area contributed by atoms with Gasteiger partial charge in [0.05, 0.1) is 35.6 Å². The molecular formula is C32H38F3N9O2. The Morgan fingerprint density at radius 3 is 2.61 bits per heavy atom. The van der Waals surface area contributed by atoms with Crippen molar-refractivity contribution in [1.82, 2.24) is 34.2 Å². The minimum absolute atomic E-state index is 0.154. The normalized spacial score (nSPS) is 20.5. The molecule has 3 aliphatic rings. The number of piperazine rings is 1. The number of imidazole rings is 1. The quantitative estimate of drug-likeness (QED) is 0.323. The number of aromatic nitrogens is 5. The van der Waals surface area contributed by atoms with Gasteiger partial charge in [-0.25, -0.2) is 9.50 Å². The Morgan fingerprint density at radius 1 is 1.02 bits per heavy atom. The maximum Gasteiger partial charge on any atom is 0.416 e. The number of fused-ring (bicyclic) bond motifs is 1. The van der Waals surface area contributed by atoms with Gasteiger partial charge in [-0.15, -0.1) is 5.10 Å². The maximum absolute atomic E-state index is 14.1. The van der Waals surface area contributed by atoms with Crippen molar-refractivity contribution < 1.29 is 22.7 Å². The summed E-state index contributed by atoms with van der Waals surface area (Å²) in [6.45, 7) is 5.77. The van der Waals surface area contributed by atoms with Crippen molar-refractivity contribution in [2.45, 2.75) is 38.0 Å². The zero-order chi connectivity index (χ0) is 31.8. The van der Waals surface area contributed by atoms with Crippen LogP contribution in [0.4, 0.5) is 24.7 Å². The fraction of sp³-hybridized carbons (Fsp3) is 0.500. The molecule has 7 rings (SSSR count). The average molecular weight is 638 g/mol. The maximum atomic E-state index is 14.1. The van der Waals surface area contributed by atoms with E-state index in [2.05, 4.69) is 20.3 Å². The number of anilines is 2. The van der Waals surface area contributed by atoms with E-state index in [4.69, 9.17) is 9.84 Å². The van der Waals surface area contributed by atoms with Crippen molar-refractivity contribution in [3.05, 3.63) is 60.0 Å². The van der Waals surface area contributed by atoms with Crippen molar-refractivity contribution in [3.8, 4) is 11.3 Å². The molecule has 3 aliphatic heterocycles. The van der Waals surface area contributed by atoms with E-state index in [1.807, 2.05) is 46.1 Å². The first-order valence-electron chi connectivity index (χ1n) is 15.9. The van der Waals surface area contributed by atoms with Crippen LogP contribution in [0.25, 0.3) is 16.9 Å². The highest BCUT2D eigenvalue weighted by molar-refractivity contribution is 5.93. The van der Waals surface area contributed by atoms with Crippen molar-refractivity contribution in [2.75, 3.05) is 69.7 Å². The van der Waals surface area contributed by atoms with Crippen LogP contribution in [0.5, 0.6) is 0 Å². The lowest BCUT2D eigenvalue weighted by molar-refractivity contribution is -0.138. The number of nitrogens with zero attached hydrogens (tertiary/aromatic N) is 8. The van der Waals surface area contributed by atoms with Gasteiger partial charge in [-0.1, -0.05) is 6.07 Å². The number of alkyl halides is 3. The summed E-state index contributed by atoms with van der Waals surface area (Å²) in [6, 6.07) is 8.21. The molecule has 1 atom stereocenters. The highest BCUT2D eigenvalue weighted by atomic mass is 19.4. The van der Waals surface area contributed by atoms with Gasteiger partial charge < -0.3 is 19.9 Å². The third-order valence-electron chi connectivity index (χ3n) is 9.37. The number of benzene rings is 1. The van der Waals surface area contributed by atoms with E-state index in [-0.39, 0.29) is 23.7 Å². The molecule has 1 aromatic carbocycles. The zero-order valence-corrected chi connectivity index (χ0v) is 25.8. The molecule has 0 spiro atoms. The van der Waals surface area contributed by atoms with E-state index in [1.54, 1.807) is 16.8 Å². The Bertz CT molecular complexity index is 1690. The molecule has 0 aliphatic carbocycles. The molecule has 0 radical (unpaired) electrons. The summed E-state index contributed by atoms with van der Waals surface area (Å²) in [7, 11) is 2.01. The Kier molecular flexibility index (Phi) is 8.42. The van der Waals surface area contributed by atoms with E-state index in [9.17, 15) is 18.0 Å². The lowest BCUT2D eigenvalue weighted by Crippen LogP contribution is -2.44. The number of amides is 1. The largest absolute Gasteiger partial charge is 0.416 e. The second-order valence-corrected chi connectivity index (χ2v) is 12.5. The molecule has 11 nitrogen and oxygen atoms in total. The molecule has 0 saturated carbocycles. The molecule has 1 N–H and O–H groups in total. The molecule has 14 heteroatoms. The van der Waals surface area contributed by atoms with Crippen LogP contribution in [0, 0.1) is 5.92 Å². The van der Waals surface area contributed by atoms with Crippen molar-refractivity contribution >= 4 is 23.1 Å². The monoisotopic (exact) mass is 637 g/mol. The van der Waals surface area contributed by atoms with Gasteiger partial charge in [0.25, 0.3) is 0 Å². The molecule has 46 heavy (non-hydrogen) atoms. The average Bonchev–Trinajstić information content (AvgIpc) is 3.82. The molecular weight excluding hydrogens is 599 g/mol. The van der Waals surface area contributed by atoms with Gasteiger partial charge in [0, 0.05) is 76.5 Å². The van der Waals surface area contributed by atoms with Crippen LogP contribution in [-0.4, -0.2) is 99.6 Å². The van der Waals surface area contributed by atoms with Gasteiger partial charge in [0.2, 0.25) is 5.91 Å². The minimum Gasteiger partial charge on any atom is -0.381 e. The van der Waals surface area contributed by atoms with E-state index >= 15 is 0 Å². The molecule has 244 valence electrons. The summed E-state index contributed by atoms with van der Waals surface area (Å²) in [4.78, 5) is 24.0. The molecule has 3 saturated heterocycles. The van der Waals surface area contributed by atoms with Gasteiger partial charge in [-0.3, -0.25) is 14.4 Å². The van der Waals surface area contributed by atoms with Gasteiger partial charge in [-0.2, -0.15) is 18.3 Å². The SMILES string of the molecule is CN1CCN(Cc2ccc(NC(=O)[C@@H]3CCN(c4ccc5ncc(-c6cnn(C7CCOCC7)c6)n5n4)C3)cc2C(F)(F)F)CC1. The van der Waals surface area contributed by atoms with Crippen LogP contribution in [0.1, 0.15) is 36.4 Å². The summed E-state index contributed by atoms with van der Waals surface area (Å²) < 4.78 is 51.5. The summed E-state index contributed by atoms with van der Waals surface area (Å²) in [5.41, 5.74) is 2.10. The number of hydrogen-bond acceptors (Lipinski definition) is 8. The van der Waals surface area contributed by atoms with Crippen LogP contribution in [0.2, 0.25) is 0 Å². The highest BCUT2D eigenvalue weighted by Crippen LogP contribution is 2.35. The number of rotatable bonds is 7. The smallest absolute Gasteiger partial charge is 0.381 e.